The number of benzene rings is 1. The summed E-state index contributed by atoms with van der Waals surface area (Å²) in [5.74, 6) is 0.263. The van der Waals surface area contributed by atoms with E-state index in [9.17, 15) is 10.1 Å². The maximum atomic E-state index is 11.1. The maximum Gasteiger partial charge on any atom is 0.311 e. The summed E-state index contributed by atoms with van der Waals surface area (Å²) in [6, 6.07) is 4.93. The van der Waals surface area contributed by atoms with Crippen molar-refractivity contribution in [3.8, 4) is 5.75 Å². The summed E-state index contributed by atoms with van der Waals surface area (Å²) in [5.41, 5.74) is 0.783. The van der Waals surface area contributed by atoms with E-state index in [4.69, 9.17) is 14.6 Å². The molecular weight excluding hydrogens is 276 g/mol. The number of aliphatic hydroxyl groups is 1. The van der Waals surface area contributed by atoms with Gasteiger partial charge in [-0.25, -0.2) is 0 Å². The van der Waals surface area contributed by atoms with Crippen molar-refractivity contribution in [2.75, 3.05) is 33.5 Å². The van der Waals surface area contributed by atoms with Gasteiger partial charge in [0.25, 0.3) is 0 Å². The number of aliphatic hydroxyl groups excluding tert-OH is 1. The van der Waals surface area contributed by atoms with Crippen LogP contribution in [-0.4, -0.2) is 43.5 Å². The molecule has 21 heavy (non-hydrogen) atoms. The normalized spacial score (nSPS) is 10.6. The molecular formula is C14H22N2O5. The zero-order valence-electron chi connectivity index (χ0n) is 12.2. The van der Waals surface area contributed by atoms with Gasteiger partial charge in [-0.15, -0.1) is 0 Å². The molecule has 1 aromatic rings. The number of nitrogens with zero attached hydrogens (tertiary/aromatic N) is 1. The third-order valence-corrected chi connectivity index (χ3v) is 2.84. The number of methoxy groups -OCH3 is 1. The number of rotatable bonds is 11. The molecule has 0 saturated carbocycles. The van der Waals surface area contributed by atoms with Crippen molar-refractivity contribution < 1.29 is 19.5 Å². The Kier molecular flexibility index (Phi) is 8.34. The fourth-order valence-corrected chi connectivity index (χ4v) is 1.74. The first-order valence-corrected chi connectivity index (χ1v) is 6.89. The zero-order chi connectivity index (χ0) is 15.5. The molecule has 0 amide bonds. The molecule has 0 heterocycles. The Bertz CT molecular complexity index is 439. The van der Waals surface area contributed by atoms with Gasteiger partial charge in [-0.3, -0.25) is 10.1 Å². The van der Waals surface area contributed by atoms with E-state index >= 15 is 0 Å². The van der Waals surface area contributed by atoms with Crippen LogP contribution in [0.4, 0.5) is 5.69 Å². The summed E-state index contributed by atoms with van der Waals surface area (Å²) >= 11 is 0. The van der Waals surface area contributed by atoms with Gasteiger partial charge in [0, 0.05) is 32.9 Å². The van der Waals surface area contributed by atoms with Crippen molar-refractivity contribution >= 4 is 5.69 Å². The van der Waals surface area contributed by atoms with Crippen LogP contribution in [0.15, 0.2) is 18.2 Å². The largest absolute Gasteiger partial charge is 0.487 e. The van der Waals surface area contributed by atoms with Crippen molar-refractivity contribution in [3.05, 3.63) is 33.9 Å². The quantitative estimate of drug-likeness (QED) is 0.365. The molecule has 1 rings (SSSR count). The summed E-state index contributed by atoms with van der Waals surface area (Å²) in [6.45, 7) is 2.26. The Hall–Kier alpha value is -1.70. The average Bonchev–Trinajstić information content (AvgIpc) is 2.48. The molecule has 0 atom stereocenters. The Morgan fingerprint density at radius 1 is 1.33 bits per heavy atom. The first-order valence-electron chi connectivity index (χ1n) is 6.89. The Balaban J connectivity index is 2.61. The smallest absolute Gasteiger partial charge is 0.311 e. The number of unbranched alkanes of at least 4 members (excludes halogenated alkanes) is 1. The van der Waals surface area contributed by atoms with Crippen LogP contribution in [-0.2, 0) is 11.3 Å². The Morgan fingerprint density at radius 2 is 2.14 bits per heavy atom. The van der Waals surface area contributed by atoms with E-state index in [-0.39, 0.29) is 18.0 Å². The van der Waals surface area contributed by atoms with Gasteiger partial charge in [0.15, 0.2) is 5.75 Å². The second kappa shape index (κ2) is 10.1. The summed E-state index contributed by atoms with van der Waals surface area (Å²) in [5, 5.41) is 22.9. The second-order valence-electron chi connectivity index (χ2n) is 4.51. The number of ether oxygens (including phenoxy) is 2. The molecule has 118 valence electrons. The lowest BCUT2D eigenvalue weighted by atomic mass is 10.2. The van der Waals surface area contributed by atoms with Crippen molar-refractivity contribution in [2.45, 2.75) is 19.4 Å². The molecule has 0 aromatic heterocycles. The van der Waals surface area contributed by atoms with E-state index in [2.05, 4.69) is 5.32 Å². The summed E-state index contributed by atoms with van der Waals surface area (Å²) in [4.78, 5) is 10.6. The zero-order valence-corrected chi connectivity index (χ0v) is 12.2. The molecule has 0 bridgehead atoms. The standard InChI is InChI=1S/C14H22N2O5/c1-20-9-6-15-11-12-4-5-14(13(10-12)16(18)19)21-8-3-2-7-17/h4-5,10,15,17H,2-3,6-9,11H2,1H3. The van der Waals surface area contributed by atoms with Crippen LogP contribution < -0.4 is 10.1 Å². The molecule has 0 aliphatic heterocycles. The fourth-order valence-electron chi connectivity index (χ4n) is 1.74. The van der Waals surface area contributed by atoms with Gasteiger partial charge >= 0.3 is 5.69 Å². The molecule has 0 saturated heterocycles. The molecule has 7 heteroatoms. The van der Waals surface area contributed by atoms with Gasteiger partial charge < -0.3 is 19.9 Å². The summed E-state index contributed by atoms with van der Waals surface area (Å²) in [7, 11) is 1.62. The molecule has 0 fully saturated rings. The molecule has 7 nitrogen and oxygen atoms in total. The van der Waals surface area contributed by atoms with Crippen molar-refractivity contribution in [1.29, 1.82) is 0 Å². The number of nitro groups is 1. The first-order chi connectivity index (χ1) is 10.2. The minimum atomic E-state index is -0.444. The van der Waals surface area contributed by atoms with Crippen LogP contribution in [0.3, 0.4) is 0 Å². The Labute approximate surface area is 124 Å². The third-order valence-electron chi connectivity index (χ3n) is 2.84. The molecule has 0 aliphatic rings. The molecule has 2 N–H and O–H groups in total. The lowest BCUT2D eigenvalue weighted by Gasteiger charge is -2.09. The molecule has 1 aromatic carbocycles. The first kappa shape index (κ1) is 17.4. The van der Waals surface area contributed by atoms with Gasteiger partial charge in [0.05, 0.1) is 18.1 Å². The van der Waals surface area contributed by atoms with Crippen LogP contribution in [0.1, 0.15) is 18.4 Å². The van der Waals surface area contributed by atoms with Crippen molar-refractivity contribution in [1.82, 2.24) is 5.32 Å². The third kappa shape index (κ3) is 6.52. The highest BCUT2D eigenvalue weighted by Crippen LogP contribution is 2.28. The minimum Gasteiger partial charge on any atom is -0.487 e. The molecule has 0 radical (unpaired) electrons. The Morgan fingerprint density at radius 3 is 2.81 bits per heavy atom. The van der Waals surface area contributed by atoms with Crippen molar-refractivity contribution in [3.63, 3.8) is 0 Å². The lowest BCUT2D eigenvalue weighted by molar-refractivity contribution is -0.385. The topological polar surface area (TPSA) is 93.9 Å². The SMILES string of the molecule is COCCNCc1ccc(OCCCCO)c([N+](=O)[O-])c1. The van der Waals surface area contributed by atoms with E-state index < -0.39 is 4.92 Å². The van der Waals surface area contributed by atoms with Crippen LogP contribution in [0.25, 0.3) is 0 Å². The summed E-state index contributed by atoms with van der Waals surface area (Å²) < 4.78 is 10.3. The van der Waals surface area contributed by atoms with Gasteiger partial charge in [-0.05, 0) is 24.5 Å². The molecule has 0 spiro atoms. The fraction of sp³-hybridized carbons (Fsp3) is 0.571. The van der Waals surface area contributed by atoms with E-state index in [1.165, 1.54) is 6.07 Å². The van der Waals surface area contributed by atoms with Crippen LogP contribution in [0.2, 0.25) is 0 Å². The van der Waals surface area contributed by atoms with Gasteiger partial charge in [-0.2, -0.15) is 0 Å². The van der Waals surface area contributed by atoms with Crippen molar-refractivity contribution in [2.24, 2.45) is 0 Å². The van der Waals surface area contributed by atoms with Gasteiger partial charge in [0.1, 0.15) is 0 Å². The average molecular weight is 298 g/mol. The second-order valence-corrected chi connectivity index (χ2v) is 4.51. The number of hydrogen-bond donors (Lipinski definition) is 2. The maximum absolute atomic E-state index is 11.1. The van der Waals surface area contributed by atoms with E-state index in [0.29, 0.717) is 39.1 Å². The number of nitrogens with one attached hydrogen (secondary N) is 1. The van der Waals surface area contributed by atoms with Crippen LogP contribution >= 0.6 is 0 Å². The summed E-state index contributed by atoms with van der Waals surface area (Å²) in [6.07, 6.45) is 1.28. The van der Waals surface area contributed by atoms with Crippen LogP contribution in [0.5, 0.6) is 5.75 Å². The minimum absolute atomic E-state index is 0.0370. The van der Waals surface area contributed by atoms with E-state index in [0.717, 1.165) is 5.56 Å². The molecule has 0 aliphatic carbocycles. The monoisotopic (exact) mass is 298 g/mol. The predicted molar refractivity (Wildman–Crippen MR) is 78.5 cm³/mol. The van der Waals surface area contributed by atoms with Gasteiger partial charge in [-0.1, -0.05) is 6.07 Å². The predicted octanol–water partition coefficient (Wildman–Crippen LogP) is 1.48. The van der Waals surface area contributed by atoms with Crippen LogP contribution in [0, 0.1) is 10.1 Å². The lowest BCUT2D eigenvalue weighted by Crippen LogP contribution is -2.18. The van der Waals surface area contributed by atoms with E-state index in [1.54, 1.807) is 19.2 Å². The highest BCUT2D eigenvalue weighted by atomic mass is 16.6. The number of nitro benzene ring substituents is 1. The number of hydrogen-bond acceptors (Lipinski definition) is 6. The highest BCUT2D eigenvalue weighted by Gasteiger charge is 2.15. The van der Waals surface area contributed by atoms with Gasteiger partial charge in [0.2, 0.25) is 0 Å². The molecule has 0 unspecified atom stereocenters. The highest BCUT2D eigenvalue weighted by molar-refractivity contribution is 5.48. The van der Waals surface area contributed by atoms with E-state index in [1.807, 2.05) is 0 Å².